The quantitative estimate of drug-likeness (QED) is 0.543. The number of rotatable bonds is 3. The summed E-state index contributed by atoms with van der Waals surface area (Å²) in [6.07, 6.45) is 0.526. The number of fused-ring (bicyclic) bond motifs is 4. The molecule has 1 aromatic heterocycles. The molecule has 1 fully saturated rings. The smallest absolute Gasteiger partial charge is 0.246 e. The van der Waals surface area contributed by atoms with Gasteiger partial charge in [0, 0.05) is 29.6 Å². The number of amides is 2. The highest BCUT2D eigenvalue weighted by Gasteiger charge is 2.48. The second-order valence-electron chi connectivity index (χ2n) is 8.58. The van der Waals surface area contributed by atoms with Gasteiger partial charge in [0.1, 0.15) is 12.6 Å². The minimum atomic E-state index is -0.503. The number of aromatic nitrogens is 1. The number of piperazine rings is 1. The summed E-state index contributed by atoms with van der Waals surface area (Å²) < 4.78 is 0. The highest BCUT2D eigenvalue weighted by molar-refractivity contribution is 5.97. The van der Waals surface area contributed by atoms with E-state index in [0.717, 1.165) is 33.3 Å². The summed E-state index contributed by atoms with van der Waals surface area (Å²) in [6, 6.07) is 27.3. The van der Waals surface area contributed by atoms with Crippen LogP contribution in [0.15, 0.2) is 84.9 Å². The molecule has 1 saturated heterocycles. The largest absolute Gasteiger partial charge is 0.356 e. The van der Waals surface area contributed by atoms with Crippen LogP contribution < -0.4 is 0 Å². The number of hydrogen-bond acceptors (Lipinski definition) is 2. The molecule has 2 aliphatic heterocycles. The standard InChI is InChI=1S/C27H23N3O2/c31-24-17-29(16-18-9-3-1-4-10-18)27(32)23-15-21-20-13-7-8-14-22(20)28-25(21)26(30(23)24)19-11-5-2-6-12-19/h1-14,23,26,28H,15-17H2/t23-,26+/m1/s1. The highest BCUT2D eigenvalue weighted by atomic mass is 16.2. The molecule has 0 radical (unpaired) electrons. The Labute approximate surface area is 186 Å². The molecule has 4 aromatic rings. The first kappa shape index (κ1) is 18.9. The van der Waals surface area contributed by atoms with Crippen molar-refractivity contribution in [3.8, 4) is 0 Å². The van der Waals surface area contributed by atoms with Gasteiger partial charge in [-0.1, -0.05) is 78.9 Å². The second kappa shape index (κ2) is 7.38. The molecule has 158 valence electrons. The van der Waals surface area contributed by atoms with Crippen molar-refractivity contribution in [1.29, 1.82) is 0 Å². The number of nitrogens with one attached hydrogen (secondary N) is 1. The third kappa shape index (κ3) is 2.93. The molecule has 5 heteroatoms. The van der Waals surface area contributed by atoms with Gasteiger partial charge in [0.15, 0.2) is 0 Å². The molecule has 32 heavy (non-hydrogen) atoms. The molecule has 3 aromatic carbocycles. The maximum atomic E-state index is 13.7. The van der Waals surface area contributed by atoms with Crippen molar-refractivity contribution >= 4 is 22.7 Å². The van der Waals surface area contributed by atoms with Gasteiger partial charge in [0.2, 0.25) is 11.8 Å². The lowest BCUT2D eigenvalue weighted by molar-refractivity contribution is -0.159. The van der Waals surface area contributed by atoms with Crippen molar-refractivity contribution < 1.29 is 9.59 Å². The molecule has 1 N–H and O–H groups in total. The highest BCUT2D eigenvalue weighted by Crippen LogP contribution is 2.42. The van der Waals surface area contributed by atoms with Crippen LogP contribution in [0, 0.1) is 0 Å². The van der Waals surface area contributed by atoms with E-state index in [1.807, 2.05) is 77.7 Å². The Morgan fingerprint density at radius 3 is 2.31 bits per heavy atom. The maximum Gasteiger partial charge on any atom is 0.246 e. The fraction of sp³-hybridized carbons (Fsp3) is 0.185. The van der Waals surface area contributed by atoms with E-state index in [2.05, 4.69) is 17.1 Å². The fourth-order valence-electron chi connectivity index (χ4n) is 5.24. The van der Waals surface area contributed by atoms with Crippen LogP contribution in [0.5, 0.6) is 0 Å². The van der Waals surface area contributed by atoms with Gasteiger partial charge in [0.05, 0.1) is 6.04 Å². The van der Waals surface area contributed by atoms with Gasteiger partial charge >= 0.3 is 0 Å². The summed E-state index contributed by atoms with van der Waals surface area (Å²) in [5, 5.41) is 1.13. The minimum Gasteiger partial charge on any atom is -0.356 e. The molecule has 0 saturated carbocycles. The van der Waals surface area contributed by atoms with E-state index in [-0.39, 0.29) is 24.4 Å². The molecular weight excluding hydrogens is 398 g/mol. The Hall–Kier alpha value is -3.86. The van der Waals surface area contributed by atoms with Crippen molar-refractivity contribution in [1.82, 2.24) is 14.8 Å². The summed E-state index contributed by atoms with van der Waals surface area (Å²) in [7, 11) is 0. The van der Waals surface area contributed by atoms with Crippen LogP contribution in [0.25, 0.3) is 10.9 Å². The van der Waals surface area contributed by atoms with Crippen molar-refractivity contribution in [2.24, 2.45) is 0 Å². The van der Waals surface area contributed by atoms with Gasteiger partial charge in [-0.15, -0.1) is 0 Å². The van der Waals surface area contributed by atoms with E-state index in [1.165, 1.54) is 0 Å². The molecule has 2 aliphatic rings. The van der Waals surface area contributed by atoms with Gasteiger partial charge in [-0.25, -0.2) is 0 Å². The summed E-state index contributed by atoms with van der Waals surface area (Å²) >= 11 is 0. The number of H-pyrrole nitrogens is 1. The molecule has 6 rings (SSSR count). The predicted molar refractivity (Wildman–Crippen MR) is 123 cm³/mol. The van der Waals surface area contributed by atoms with Crippen LogP contribution in [0.1, 0.15) is 28.4 Å². The van der Waals surface area contributed by atoms with Crippen LogP contribution in [0.4, 0.5) is 0 Å². The van der Waals surface area contributed by atoms with E-state index in [1.54, 1.807) is 4.90 Å². The van der Waals surface area contributed by atoms with Gasteiger partial charge in [-0.05, 0) is 22.8 Å². The van der Waals surface area contributed by atoms with E-state index < -0.39 is 6.04 Å². The minimum absolute atomic E-state index is 0.0105. The van der Waals surface area contributed by atoms with E-state index in [0.29, 0.717) is 13.0 Å². The molecule has 5 nitrogen and oxygen atoms in total. The number of para-hydroxylation sites is 1. The zero-order valence-electron chi connectivity index (χ0n) is 17.6. The molecule has 2 atom stereocenters. The summed E-state index contributed by atoms with van der Waals surface area (Å²) in [4.78, 5) is 34.3. The lowest BCUT2D eigenvalue weighted by atomic mass is 9.86. The Kier molecular flexibility index (Phi) is 4.35. The van der Waals surface area contributed by atoms with Crippen LogP contribution in [-0.2, 0) is 22.6 Å². The molecule has 0 bridgehead atoms. The van der Waals surface area contributed by atoms with Crippen molar-refractivity contribution in [2.45, 2.75) is 25.0 Å². The van der Waals surface area contributed by atoms with E-state index in [4.69, 9.17) is 0 Å². The van der Waals surface area contributed by atoms with Crippen LogP contribution in [-0.4, -0.2) is 39.2 Å². The lowest BCUT2D eigenvalue weighted by Crippen LogP contribution is -2.62. The predicted octanol–water partition coefficient (Wildman–Crippen LogP) is 4.05. The molecular formula is C27H23N3O2. The van der Waals surface area contributed by atoms with E-state index in [9.17, 15) is 9.59 Å². The Morgan fingerprint density at radius 2 is 1.53 bits per heavy atom. The monoisotopic (exact) mass is 421 g/mol. The number of carbonyl (C=O) groups excluding carboxylic acids is 2. The summed E-state index contributed by atoms with van der Waals surface area (Å²) in [6.45, 7) is 0.551. The first-order chi connectivity index (χ1) is 15.7. The first-order valence-electron chi connectivity index (χ1n) is 11.0. The van der Waals surface area contributed by atoms with Gasteiger partial charge in [0.25, 0.3) is 0 Å². The Balaban J connectivity index is 1.46. The van der Waals surface area contributed by atoms with Crippen molar-refractivity contribution in [2.75, 3.05) is 6.54 Å². The average molecular weight is 422 g/mol. The molecule has 0 unspecified atom stereocenters. The SMILES string of the molecule is O=C1[C@H]2Cc3c([nH]c4ccccc34)[C@H](c3ccccc3)N2C(=O)CN1Cc1ccccc1. The molecule has 0 aliphatic carbocycles. The second-order valence-corrected chi connectivity index (χ2v) is 8.58. The van der Waals surface area contributed by atoms with E-state index >= 15 is 0 Å². The topological polar surface area (TPSA) is 56.4 Å². The number of benzene rings is 3. The molecule has 2 amide bonds. The van der Waals surface area contributed by atoms with Crippen LogP contribution in [0.3, 0.4) is 0 Å². The van der Waals surface area contributed by atoms with Crippen LogP contribution in [0.2, 0.25) is 0 Å². The summed E-state index contributed by atoms with van der Waals surface area (Å²) in [5.74, 6) is 0.00834. The third-order valence-corrected chi connectivity index (χ3v) is 6.67. The average Bonchev–Trinajstić information content (AvgIpc) is 3.21. The van der Waals surface area contributed by atoms with Crippen LogP contribution >= 0.6 is 0 Å². The number of hydrogen-bond donors (Lipinski definition) is 1. The normalized spacial score (nSPS) is 20.4. The summed E-state index contributed by atoms with van der Waals surface area (Å²) in [5.41, 5.74) is 5.25. The Bertz CT molecular complexity index is 1310. The van der Waals surface area contributed by atoms with Gasteiger partial charge in [-0.3, -0.25) is 9.59 Å². The molecule has 0 spiro atoms. The fourth-order valence-corrected chi connectivity index (χ4v) is 5.24. The zero-order valence-corrected chi connectivity index (χ0v) is 17.6. The Morgan fingerprint density at radius 1 is 0.844 bits per heavy atom. The van der Waals surface area contributed by atoms with Gasteiger partial charge < -0.3 is 14.8 Å². The van der Waals surface area contributed by atoms with Crippen molar-refractivity contribution in [3.63, 3.8) is 0 Å². The number of nitrogens with zero attached hydrogens (tertiary/aromatic N) is 2. The first-order valence-corrected chi connectivity index (χ1v) is 11.0. The van der Waals surface area contributed by atoms with Crippen molar-refractivity contribution in [3.05, 3.63) is 107 Å². The third-order valence-electron chi connectivity index (χ3n) is 6.67. The molecule has 3 heterocycles. The number of carbonyl (C=O) groups is 2. The zero-order chi connectivity index (χ0) is 21.7. The lowest BCUT2D eigenvalue weighted by Gasteiger charge is -2.47. The van der Waals surface area contributed by atoms with Gasteiger partial charge in [-0.2, -0.15) is 0 Å². The number of aromatic amines is 1. The maximum absolute atomic E-state index is 13.7.